The van der Waals surface area contributed by atoms with Crippen molar-refractivity contribution >= 4 is 5.91 Å². The quantitative estimate of drug-likeness (QED) is 0.772. The lowest BCUT2D eigenvalue weighted by molar-refractivity contribution is -0.132. The molecule has 2 aliphatic heterocycles. The maximum Gasteiger partial charge on any atom is 0.236 e. The second kappa shape index (κ2) is 8.76. The van der Waals surface area contributed by atoms with E-state index < -0.39 is 0 Å². The Kier molecular flexibility index (Phi) is 5.93. The smallest absolute Gasteiger partial charge is 0.236 e. The van der Waals surface area contributed by atoms with Crippen molar-refractivity contribution in [3.8, 4) is 5.75 Å². The highest BCUT2D eigenvalue weighted by Gasteiger charge is 2.21. The fourth-order valence-electron chi connectivity index (χ4n) is 3.96. The van der Waals surface area contributed by atoms with Gasteiger partial charge in [-0.3, -0.25) is 14.6 Å². The van der Waals surface area contributed by atoms with E-state index in [-0.39, 0.29) is 5.91 Å². The summed E-state index contributed by atoms with van der Waals surface area (Å²) in [7, 11) is 1.89. The summed E-state index contributed by atoms with van der Waals surface area (Å²) in [6.45, 7) is 6.85. The van der Waals surface area contributed by atoms with E-state index in [0.29, 0.717) is 13.1 Å². The highest BCUT2D eigenvalue weighted by molar-refractivity contribution is 5.78. The first-order valence-corrected chi connectivity index (χ1v) is 10.1. The Balaban J connectivity index is 1.22. The molecule has 0 atom stereocenters. The molecule has 2 aromatic carbocycles. The molecule has 0 unspecified atom stereocenters. The van der Waals surface area contributed by atoms with Crippen molar-refractivity contribution in [1.82, 2.24) is 14.7 Å². The van der Waals surface area contributed by atoms with E-state index in [1.54, 1.807) is 0 Å². The number of benzene rings is 2. The Hall–Kier alpha value is -2.37. The third-order valence-corrected chi connectivity index (χ3v) is 5.67. The fourth-order valence-corrected chi connectivity index (χ4v) is 3.96. The van der Waals surface area contributed by atoms with Gasteiger partial charge in [0.25, 0.3) is 0 Å². The van der Waals surface area contributed by atoms with Crippen molar-refractivity contribution < 1.29 is 9.53 Å². The third kappa shape index (κ3) is 4.72. The molecular formula is C23H29N3O2. The summed E-state index contributed by atoms with van der Waals surface area (Å²) in [5.41, 5.74) is 3.86. The maximum absolute atomic E-state index is 12.6. The van der Waals surface area contributed by atoms with Crippen molar-refractivity contribution in [1.29, 1.82) is 0 Å². The maximum atomic E-state index is 12.6. The Bertz CT molecular complexity index is 801. The highest BCUT2D eigenvalue weighted by Crippen LogP contribution is 2.26. The molecule has 0 aliphatic carbocycles. The molecule has 2 aromatic rings. The van der Waals surface area contributed by atoms with Crippen LogP contribution in [0.5, 0.6) is 5.75 Å². The molecule has 0 bridgehead atoms. The molecule has 0 saturated carbocycles. The fraction of sp³-hybridized carbons (Fsp3) is 0.435. The van der Waals surface area contributed by atoms with Gasteiger partial charge in [-0.1, -0.05) is 42.5 Å². The van der Waals surface area contributed by atoms with Crippen LogP contribution >= 0.6 is 0 Å². The average molecular weight is 380 g/mol. The highest BCUT2D eigenvalue weighted by atomic mass is 16.5. The van der Waals surface area contributed by atoms with Crippen molar-refractivity contribution in [3.63, 3.8) is 0 Å². The van der Waals surface area contributed by atoms with E-state index in [4.69, 9.17) is 4.74 Å². The normalized spacial score (nSPS) is 17.2. The minimum atomic E-state index is 0.191. The zero-order chi connectivity index (χ0) is 19.3. The number of hydrogen-bond acceptors (Lipinski definition) is 4. The molecule has 2 aliphatic rings. The zero-order valence-corrected chi connectivity index (χ0v) is 16.6. The van der Waals surface area contributed by atoms with Gasteiger partial charge in [0.15, 0.2) is 0 Å². The lowest BCUT2D eigenvalue weighted by Gasteiger charge is -2.35. The summed E-state index contributed by atoms with van der Waals surface area (Å²) in [4.78, 5) is 19.1. The first-order chi connectivity index (χ1) is 13.7. The predicted molar refractivity (Wildman–Crippen MR) is 110 cm³/mol. The standard InChI is InChI=1S/C23H29N3O2/c1-24(16-19-5-3-2-4-6-19)23(27)18-26-12-10-25(11-13-26)17-20-7-8-22-21(15-20)9-14-28-22/h2-8,15H,9-14,16-18H2,1H3. The number of amides is 1. The number of likely N-dealkylation sites (N-methyl/N-ethyl adjacent to an activating group) is 1. The van der Waals surface area contributed by atoms with Crippen molar-refractivity contribution in [2.75, 3.05) is 46.4 Å². The number of carbonyl (C=O) groups is 1. The molecule has 1 amide bonds. The second-order valence-electron chi connectivity index (χ2n) is 7.83. The van der Waals surface area contributed by atoms with Gasteiger partial charge in [-0.2, -0.15) is 0 Å². The molecule has 5 nitrogen and oxygen atoms in total. The molecule has 28 heavy (non-hydrogen) atoms. The van der Waals surface area contributed by atoms with E-state index in [1.165, 1.54) is 16.7 Å². The van der Waals surface area contributed by atoms with Crippen molar-refractivity contribution in [3.05, 3.63) is 65.2 Å². The number of piperazine rings is 1. The number of fused-ring (bicyclic) bond motifs is 1. The van der Waals surface area contributed by atoms with Gasteiger partial charge in [0.2, 0.25) is 5.91 Å². The van der Waals surface area contributed by atoms with Crippen LogP contribution in [0.2, 0.25) is 0 Å². The second-order valence-corrected chi connectivity index (χ2v) is 7.83. The molecule has 1 fully saturated rings. The molecule has 1 saturated heterocycles. The van der Waals surface area contributed by atoms with Gasteiger partial charge in [0, 0.05) is 52.7 Å². The zero-order valence-electron chi connectivity index (χ0n) is 16.6. The molecule has 0 N–H and O–H groups in total. The van der Waals surface area contributed by atoms with Crippen LogP contribution in [0.1, 0.15) is 16.7 Å². The molecule has 5 heteroatoms. The van der Waals surface area contributed by atoms with E-state index in [1.807, 2.05) is 30.1 Å². The lowest BCUT2D eigenvalue weighted by atomic mass is 10.1. The first kappa shape index (κ1) is 19.0. The SMILES string of the molecule is CN(Cc1ccccc1)C(=O)CN1CCN(Cc2ccc3c(c2)CCO3)CC1. The summed E-state index contributed by atoms with van der Waals surface area (Å²) in [5.74, 6) is 1.24. The van der Waals surface area contributed by atoms with Gasteiger partial charge < -0.3 is 9.64 Å². The van der Waals surface area contributed by atoms with Crippen LogP contribution in [0.3, 0.4) is 0 Å². The number of carbonyl (C=O) groups excluding carboxylic acids is 1. The van der Waals surface area contributed by atoms with Crippen molar-refractivity contribution in [2.45, 2.75) is 19.5 Å². The molecule has 2 heterocycles. The van der Waals surface area contributed by atoms with Gasteiger partial charge in [-0.15, -0.1) is 0 Å². The van der Waals surface area contributed by atoms with Crippen LogP contribution in [0, 0.1) is 0 Å². The van der Waals surface area contributed by atoms with Crippen LogP contribution in [-0.2, 0) is 24.3 Å². The summed E-state index contributed by atoms with van der Waals surface area (Å²) in [6, 6.07) is 16.7. The lowest BCUT2D eigenvalue weighted by Crippen LogP contribution is -2.49. The monoisotopic (exact) mass is 379 g/mol. The van der Waals surface area contributed by atoms with Gasteiger partial charge in [0.05, 0.1) is 13.2 Å². The minimum Gasteiger partial charge on any atom is -0.493 e. The third-order valence-electron chi connectivity index (χ3n) is 5.67. The van der Waals surface area contributed by atoms with Gasteiger partial charge in [-0.25, -0.2) is 0 Å². The Morgan fingerprint density at radius 1 is 1.00 bits per heavy atom. The number of ether oxygens (including phenoxy) is 1. The van der Waals surface area contributed by atoms with Gasteiger partial charge in [-0.05, 0) is 22.8 Å². The number of rotatable bonds is 6. The number of hydrogen-bond donors (Lipinski definition) is 0. The van der Waals surface area contributed by atoms with Crippen LogP contribution < -0.4 is 4.74 Å². The topological polar surface area (TPSA) is 36.0 Å². The summed E-state index contributed by atoms with van der Waals surface area (Å²) in [5, 5.41) is 0. The van der Waals surface area contributed by atoms with Gasteiger partial charge in [0.1, 0.15) is 5.75 Å². The van der Waals surface area contributed by atoms with E-state index in [0.717, 1.165) is 51.5 Å². The molecule has 0 aromatic heterocycles. The summed E-state index contributed by atoms with van der Waals surface area (Å²) in [6.07, 6.45) is 1.02. The Morgan fingerprint density at radius 2 is 1.75 bits per heavy atom. The molecule has 0 spiro atoms. The summed E-state index contributed by atoms with van der Waals surface area (Å²) >= 11 is 0. The first-order valence-electron chi connectivity index (χ1n) is 10.1. The summed E-state index contributed by atoms with van der Waals surface area (Å²) < 4.78 is 5.59. The van der Waals surface area contributed by atoms with Crippen LogP contribution in [0.4, 0.5) is 0 Å². The predicted octanol–water partition coefficient (Wildman–Crippen LogP) is 2.40. The van der Waals surface area contributed by atoms with E-state index in [9.17, 15) is 4.79 Å². The molecule has 148 valence electrons. The Labute approximate surface area is 167 Å². The molecule has 0 radical (unpaired) electrons. The molecule has 4 rings (SSSR count). The average Bonchev–Trinajstić information content (AvgIpc) is 3.18. The van der Waals surface area contributed by atoms with Crippen molar-refractivity contribution in [2.24, 2.45) is 0 Å². The van der Waals surface area contributed by atoms with E-state index >= 15 is 0 Å². The Morgan fingerprint density at radius 3 is 2.54 bits per heavy atom. The van der Waals surface area contributed by atoms with Crippen LogP contribution in [0.15, 0.2) is 48.5 Å². The van der Waals surface area contributed by atoms with Crippen LogP contribution in [-0.4, -0.2) is 67.0 Å². The van der Waals surface area contributed by atoms with Crippen LogP contribution in [0.25, 0.3) is 0 Å². The van der Waals surface area contributed by atoms with Gasteiger partial charge >= 0.3 is 0 Å². The van der Waals surface area contributed by atoms with E-state index in [2.05, 4.69) is 40.1 Å². The minimum absolute atomic E-state index is 0.191. The molecular weight excluding hydrogens is 350 g/mol. The number of nitrogens with zero attached hydrogens (tertiary/aromatic N) is 3. The largest absolute Gasteiger partial charge is 0.493 e.